The number of fused-ring (bicyclic) bond motifs is 2. The summed E-state index contributed by atoms with van der Waals surface area (Å²) in [5.74, 6) is 0.743. The molecule has 0 amide bonds. The van der Waals surface area contributed by atoms with Crippen molar-refractivity contribution in [2.24, 2.45) is 0 Å². The minimum atomic E-state index is 0.342. The highest BCUT2D eigenvalue weighted by molar-refractivity contribution is 6.36. The fourth-order valence-electron chi connectivity index (χ4n) is 4.46. The number of benzene rings is 1. The zero-order valence-corrected chi connectivity index (χ0v) is 18.1. The van der Waals surface area contributed by atoms with Gasteiger partial charge in [-0.3, -0.25) is 4.98 Å². The van der Waals surface area contributed by atoms with Crippen molar-refractivity contribution in [3.63, 3.8) is 0 Å². The highest BCUT2D eigenvalue weighted by Gasteiger charge is 2.28. The summed E-state index contributed by atoms with van der Waals surface area (Å²) in [5.41, 5.74) is 4.74. The van der Waals surface area contributed by atoms with E-state index in [1.165, 1.54) is 11.9 Å². The molecule has 0 radical (unpaired) electrons. The molecule has 0 bridgehead atoms. The molecule has 1 aliphatic heterocycles. The average Bonchev–Trinajstić information content (AvgIpc) is 3.44. The lowest BCUT2D eigenvalue weighted by atomic mass is 10.0. The van der Waals surface area contributed by atoms with E-state index in [-0.39, 0.29) is 0 Å². The van der Waals surface area contributed by atoms with Crippen molar-refractivity contribution in [2.75, 3.05) is 37.0 Å². The SMILES string of the molecule is COC[C@H]1CCCN1c1c(CCNc2ncnc3nc[nH]c23)cc(Cl)c2cccnc12. The smallest absolute Gasteiger partial charge is 0.182 e. The number of nitrogens with zero attached hydrogens (tertiary/aromatic N) is 5. The quantitative estimate of drug-likeness (QED) is 0.454. The molecule has 9 heteroatoms. The van der Waals surface area contributed by atoms with Gasteiger partial charge in [-0.25, -0.2) is 15.0 Å². The van der Waals surface area contributed by atoms with Gasteiger partial charge < -0.3 is 19.9 Å². The van der Waals surface area contributed by atoms with Crippen LogP contribution in [0.5, 0.6) is 0 Å². The van der Waals surface area contributed by atoms with Gasteiger partial charge in [0.1, 0.15) is 11.8 Å². The third-order valence-electron chi connectivity index (χ3n) is 5.83. The average molecular weight is 438 g/mol. The molecule has 0 aliphatic carbocycles. The second-order valence-corrected chi connectivity index (χ2v) is 8.12. The fourth-order valence-corrected chi connectivity index (χ4v) is 4.74. The Morgan fingerprint density at radius 1 is 1.29 bits per heavy atom. The summed E-state index contributed by atoms with van der Waals surface area (Å²) < 4.78 is 5.50. The number of methoxy groups -OCH3 is 1. The first kappa shape index (κ1) is 20.0. The van der Waals surface area contributed by atoms with Crippen LogP contribution in [0, 0.1) is 0 Å². The number of aromatic amines is 1. The Balaban J connectivity index is 1.48. The number of pyridine rings is 1. The van der Waals surface area contributed by atoms with E-state index in [0.717, 1.165) is 58.8 Å². The van der Waals surface area contributed by atoms with Crippen molar-refractivity contribution in [3.8, 4) is 0 Å². The number of nitrogens with one attached hydrogen (secondary N) is 2. The summed E-state index contributed by atoms with van der Waals surface area (Å²) >= 11 is 6.66. The van der Waals surface area contributed by atoms with Gasteiger partial charge in [0.25, 0.3) is 0 Å². The summed E-state index contributed by atoms with van der Waals surface area (Å²) in [6, 6.07) is 6.39. The zero-order chi connectivity index (χ0) is 21.2. The van der Waals surface area contributed by atoms with Gasteiger partial charge in [-0.1, -0.05) is 11.6 Å². The third kappa shape index (κ3) is 3.77. The molecule has 1 aromatic carbocycles. The molecule has 160 valence electrons. The predicted molar refractivity (Wildman–Crippen MR) is 123 cm³/mol. The normalized spacial score (nSPS) is 16.5. The monoisotopic (exact) mass is 437 g/mol. The first-order valence-electron chi connectivity index (χ1n) is 10.5. The molecule has 3 aromatic heterocycles. The maximum absolute atomic E-state index is 6.66. The Labute approximate surface area is 185 Å². The maximum atomic E-state index is 6.66. The van der Waals surface area contributed by atoms with Crippen molar-refractivity contribution in [3.05, 3.63) is 47.6 Å². The van der Waals surface area contributed by atoms with Crippen LogP contribution in [0.3, 0.4) is 0 Å². The van der Waals surface area contributed by atoms with Crippen LogP contribution in [0.15, 0.2) is 37.1 Å². The van der Waals surface area contributed by atoms with Crippen LogP contribution in [-0.4, -0.2) is 57.8 Å². The summed E-state index contributed by atoms with van der Waals surface area (Å²) in [4.78, 5) is 23.0. The minimum Gasteiger partial charge on any atom is -0.383 e. The molecule has 1 fully saturated rings. The van der Waals surface area contributed by atoms with E-state index in [1.807, 2.05) is 18.3 Å². The molecular formula is C22H24ClN7O. The fraction of sp³-hybridized carbons (Fsp3) is 0.364. The maximum Gasteiger partial charge on any atom is 0.182 e. The highest BCUT2D eigenvalue weighted by Crippen LogP contribution is 2.38. The van der Waals surface area contributed by atoms with Gasteiger partial charge in [-0.15, -0.1) is 0 Å². The molecule has 2 N–H and O–H groups in total. The Bertz CT molecular complexity index is 1210. The van der Waals surface area contributed by atoms with Crippen molar-refractivity contribution < 1.29 is 4.74 Å². The van der Waals surface area contributed by atoms with Gasteiger partial charge in [0.05, 0.1) is 35.2 Å². The molecule has 1 saturated heterocycles. The molecule has 31 heavy (non-hydrogen) atoms. The Morgan fingerprint density at radius 3 is 3.13 bits per heavy atom. The molecule has 4 aromatic rings. The van der Waals surface area contributed by atoms with E-state index < -0.39 is 0 Å². The minimum absolute atomic E-state index is 0.342. The van der Waals surface area contributed by atoms with E-state index in [4.69, 9.17) is 21.3 Å². The molecule has 5 rings (SSSR count). The van der Waals surface area contributed by atoms with E-state index in [1.54, 1.807) is 13.4 Å². The van der Waals surface area contributed by atoms with Crippen molar-refractivity contribution >= 4 is 45.2 Å². The lowest BCUT2D eigenvalue weighted by molar-refractivity contribution is 0.181. The van der Waals surface area contributed by atoms with Crippen LogP contribution in [0.4, 0.5) is 11.5 Å². The second-order valence-electron chi connectivity index (χ2n) is 7.71. The second kappa shape index (κ2) is 8.64. The number of aromatic nitrogens is 5. The molecule has 1 aliphatic rings. The van der Waals surface area contributed by atoms with Crippen LogP contribution in [0.2, 0.25) is 5.02 Å². The summed E-state index contributed by atoms with van der Waals surface area (Å²) in [6.45, 7) is 2.38. The van der Waals surface area contributed by atoms with E-state index in [9.17, 15) is 0 Å². The lowest BCUT2D eigenvalue weighted by Gasteiger charge is -2.30. The number of hydrogen-bond acceptors (Lipinski definition) is 7. The highest BCUT2D eigenvalue weighted by atomic mass is 35.5. The first-order valence-corrected chi connectivity index (χ1v) is 10.8. The van der Waals surface area contributed by atoms with E-state index in [0.29, 0.717) is 24.8 Å². The Hall–Kier alpha value is -2.97. The largest absolute Gasteiger partial charge is 0.383 e. The summed E-state index contributed by atoms with van der Waals surface area (Å²) in [6.07, 6.45) is 8.01. The van der Waals surface area contributed by atoms with E-state index in [2.05, 4.69) is 36.2 Å². The number of hydrogen-bond donors (Lipinski definition) is 2. The third-order valence-corrected chi connectivity index (χ3v) is 6.14. The van der Waals surface area contributed by atoms with Gasteiger partial charge in [0.15, 0.2) is 11.5 Å². The van der Waals surface area contributed by atoms with Crippen LogP contribution >= 0.6 is 11.6 Å². The first-order chi connectivity index (χ1) is 15.3. The number of rotatable bonds is 7. The number of anilines is 2. The van der Waals surface area contributed by atoms with Gasteiger partial charge in [0, 0.05) is 31.8 Å². The number of imidazole rings is 1. The van der Waals surface area contributed by atoms with Gasteiger partial charge in [-0.05, 0) is 43.0 Å². The Morgan fingerprint density at radius 2 is 2.23 bits per heavy atom. The zero-order valence-electron chi connectivity index (χ0n) is 17.3. The van der Waals surface area contributed by atoms with Crippen LogP contribution in [0.1, 0.15) is 18.4 Å². The molecule has 0 saturated carbocycles. The topological polar surface area (TPSA) is 91.9 Å². The molecular weight excluding hydrogens is 414 g/mol. The van der Waals surface area contributed by atoms with Gasteiger partial charge >= 0.3 is 0 Å². The number of ether oxygens (including phenoxy) is 1. The molecule has 0 spiro atoms. The predicted octanol–water partition coefficient (Wildman–Crippen LogP) is 3.82. The van der Waals surface area contributed by atoms with Crippen LogP contribution in [0.25, 0.3) is 22.1 Å². The van der Waals surface area contributed by atoms with Gasteiger partial charge in [-0.2, -0.15) is 0 Å². The number of halogens is 1. The van der Waals surface area contributed by atoms with E-state index >= 15 is 0 Å². The van der Waals surface area contributed by atoms with Crippen molar-refractivity contribution in [1.82, 2.24) is 24.9 Å². The van der Waals surface area contributed by atoms with Gasteiger partial charge in [0.2, 0.25) is 0 Å². The molecule has 0 unspecified atom stereocenters. The number of H-pyrrole nitrogens is 1. The van der Waals surface area contributed by atoms with Crippen LogP contribution in [-0.2, 0) is 11.2 Å². The summed E-state index contributed by atoms with van der Waals surface area (Å²) in [7, 11) is 1.76. The van der Waals surface area contributed by atoms with Crippen LogP contribution < -0.4 is 10.2 Å². The molecule has 1 atom stereocenters. The molecule has 4 heterocycles. The summed E-state index contributed by atoms with van der Waals surface area (Å²) in [5, 5.41) is 5.12. The lowest BCUT2D eigenvalue weighted by Crippen LogP contribution is -2.34. The van der Waals surface area contributed by atoms with Crippen molar-refractivity contribution in [1.29, 1.82) is 0 Å². The van der Waals surface area contributed by atoms with Crippen molar-refractivity contribution in [2.45, 2.75) is 25.3 Å². The Kier molecular flexibility index (Phi) is 5.57. The standard InChI is InChI=1S/C22H24ClN7O/c1-31-11-15-4-3-9-30(15)20-14(10-17(23)16-5-2-7-24-18(16)20)6-8-25-21-19-22(27-12-26-19)29-13-28-21/h2,5,7,10,12-13,15H,3-4,6,8-9,11H2,1H3,(H2,25,26,27,28,29)/t15-/m1/s1. The molecule has 8 nitrogen and oxygen atoms in total.